The van der Waals surface area contributed by atoms with Gasteiger partial charge in [0.2, 0.25) is 9.84 Å². The van der Waals surface area contributed by atoms with Crippen molar-refractivity contribution in [3.8, 4) is 0 Å². The Morgan fingerprint density at radius 1 is 1.70 bits per heavy atom. The maximum Gasteiger partial charge on any atom is 0.216 e. The van der Waals surface area contributed by atoms with Gasteiger partial charge in [0.05, 0.1) is 5.41 Å². The Balaban J connectivity index is 3.15. The molecule has 0 aromatic carbocycles. The van der Waals surface area contributed by atoms with Crippen LogP contribution < -0.4 is 0 Å². The van der Waals surface area contributed by atoms with Gasteiger partial charge in [-0.25, -0.2) is 13.4 Å². The second-order valence-electron chi connectivity index (χ2n) is 1.65. The van der Waals surface area contributed by atoms with Gasteiger partial charge in [-0.05, 0) is 15.9 Å². The highest BCUT2D eigenvalue weighted by Gasteiger charge is 2.21. The lowest BCUT2D eigenvalue weighted by Gasteiger charge is -1.89. The lowest BCUT2D eigenvalue weighted by Crippen LogP contribution is -2.09. The quantitative estimate of drug-likeness (QED) is 0.549. The molecule has 0 spiro atoms. The molecule has 0 unspecified atom stereocenters. The minimum atomic E-state index is -3.22. The fraction of sp³-hybridized carbons (Fsp3) is 0.250. The first-order valence-corrected chi connectivity index (χ1v) is 5.34. The van der Waals surface area contributed by atoms with Crippen LogP contribution in [0.15, 0.2) is 15.0 Å². The Morgan fingerprint density at radius 3 is 2.50 bits per heavy atom. The maximum atomic E-state index is 10.9. The van der Waals surface area contributed by atoms with Gasteiger partial charge < -0.3 is 0 Å². The first-order chi connectivity index (χ1) is 4.56. The van der Waals surface area contributed by atoms with Crippen molar-refractivity contribution in [2.24, 2.45) is 4.99 Å². The van der Waals surface area contributed by atoms with Crippen molar-refractivity contribution >= 4 is 43.4 Å². The molecule has 0 saturated carbocycles. The lowest BCUT2D eigenvalue weighted by atomic mass is 10.8. The van der Waals surface area contributed by atoms with Crippen molar-refractivity contribution in [1.29, 1.82) is 0 Å². The van der Waals surface area contributed by atoms with Gasteiger partial charge in [0.1, 0.15) is 9.65 Å². The number of hydrogen-bond acceptors (Lipinski definition) is 4. The van der Waals surface area contributed by atoms with Crippen LogP contribution in [-0.2, 0) is 9.84 Å². The summed E-state index contributed by atoms with van der Waals surface area (Å²) in [5, 5.41) is 1.17. The van der Waals surface area contributed by atoms with Gasteiger partial charge in [-0.15, -0.1) is 0 Å². The molecule has 0 aromatic heterocycles. The fourth-order valence-corrected chi connectivity index (χ4v) is 3.06. The van der Waals surface area contributed by atoms with E-state index in [2.05, 4.69) is 33.6 Å². The zero-order valence-electron chi connectivity index (χ0n) is 4.78. The Kier molecular flexibility index (Phi) is 2.21. The monoisotopic (exact) mass is 241 g/mol. The number of nitrogens with zero attached hydrogens (tertiary/aromatic N) is 1. The van der Waals surface area contributed by atoms with E-state index in [-0.39, 0.29) is 10.8 Å². The molecule has 1 rings (SSSR count). The van der Waals surface area contributed by atoms with Gasteiger partial charge in [-0.2, -0.15) is 12.6 Å². The number of halogens is 1. The molecule has 0 aromatic rings. The molecule has 1 aliphatic heterocycles. The summed E-state index contributed by atoms with van der Waals surface area (Å²) >= 11 is 6.76. The largest absolute Gasteiger partial charge is 0.232 e. The summed E-state index contributed by atoms with van der Waals surface area (Å²) in [4.78, 5) is 3.69. The van der Waals surface area contributed by atoms with E-state index in [1.54, 1.807) is 0 Å². The SMILES string of the molecule is O=S1(=O)C=C(Br)N=C1CS. The highest BCUT2D eigenvalue weighted by Crippen LogP contribution is 2.19. The van der Waals surface area contributed by atoms with Crippen LogP contribution in [-0.4, -0.2) is 19.2 Å². The van der Waals surface area contributed by atoms with Crippen molar-refractivity contribution in [2.75, 3.05) is 5.75 Å². The highest BCUT2D eigenvalue weighted by molar-refractivity contribution is 9.11. The van der Waals surface area contributed by atoms with Crippen LogP contribution >= 0.6 is 28.6 Å². The zero-order valence-corrected chi connectivity index (χ0v) is 8.08. The van der Waals surface area contributed by atoms with Gasteiger partial charge in [0, 0.05) is 5.75 Å². The van der Waals surface area contributed by atoms with E-state index < -0.39 is 9.84 Å². The second kappa shape index (κ2) is 2.67. The Bertz CT molecular complexity index is 303. The Hall–Kier alpha value is 0.190. The number of thiol groups is 1. The van der Waals surface area contributed by atoms with E-state index in [1.165, 1.54) is 0 Å². The van der Waals surface area contributed by atoms with Gasteiger partial charge in [-0.1, -0.05) is 0 Å². The molecule has 6 heteroatoms. The second-order valence-corrected chi connectivity index (χ2v) is 4.57. The average molecular weight is 242 g/mol. The van der Waals surface area contributed by atoms with E-state index in [9.17, 15) is 8.42 Å². The van der Waals surface area contributed by atoms with Crippen LogP contribution in [0, 0.1) is 0 Å². The van der Waals surface area contributed by atoms with Crippen molar-refractivity contribution in [3.63, 3.8) is 0 Å². The highest BCUT2D eigenvalue weighted by atomic mass is 79.9. The van der Waals surface area contributed by atoms with E-state index in [1.807, 2.05) is 0 Å². The van der Waals surface area contributed by atoms with E-state index >= 15 is 0 Å². The summed E-state index contributed by atoms with van der Waals surface area (Å²) in [6, 6.07) is 0. The summed E-state index contributed by atoms with van der Waals surface area (Å²) in [5.74, 6) is 0.147. The summed E-state index contributed by atoms with van der Waals surface area (Å²) in [6.45, 7) is 0. The van der Waals surface area contributed by atoms with Crippen molar-refractivity contribution in [2.45, 2.75) is 0 Å². The fourth-order valence-electron chi connectivity index (χ4n) is 0.530. The summed E-state index contributed by atoms with van der Waals surface area (Å²) in [5.41, 5.74) is 0. The minimum Gasteiger partial charge on any atom is -0.232 e. The molecule has 1 heterocycles. The van der Waals surface area contributed by atoms with Crippen LogP contribution in [0.2, 0.25) is 0 Å². The molecule has 10 heavy (non-hydrogen) atoms. The predicted molar refractivity (Wildman–Crippen MR) is 47.2 cm³/mol. The average Bonchev–Trinajstić information content (AvgIpc) is 2.04. The van der Waals surface area contributed by atoms with Gasteiger partial charge >= 0.3 is 0 Å². The number of rotatable bonds is 1. The molecule has 0 atom stereocenters. The summed E-state index contributed by atoms with van der Waals surface area (Å²) in [7, 11) is -3.22. The maximum absolute atomic E-state index is 10.9. The molecule has 0 bridgehead atoms. The first-order valence-electron chi connectivity index (χ1n) is 2.37. The van der Waals surface area contributed by atoms with E-state index in [0.717, 1.165) is 5.41 Å². The van der Waals surface area contributed by atoms with Gasteiger partial charge in [0.15, 0.2) is 0 Å². The molecular weight excluding hydrogens is 238 g/mol. The molecule has 0 saturated heterocycles. The normalized spacial score (nSPS) is 22.2. The van der Waals surface area contributed by atoms with Crippen LogP contribution in [0.1, 0.15) is 0 Å². The van der Waals surface area contributed by atoms with Crippen LogP contribution in [0.4, 0.5) is 0 Å². The van der Waals surface area contributed by atoms with Crippen LogP contribution in [0.25, 0.3) is 0 Å². The predicted octanol–water partition coefficient (Wildman–Crippen LogP) is 0.937. The van der Waals surface area contributed by atoms with Crippen molar-refractivity contribution in [3.05, 3.63) is 10.0 Å². The standard InChI is InChI=1S/C4H4BrNO2S2/c5-3-2-10(7,8)4(1-9)6-3/h2,9H,1H2. The third-order valence-electron chi connectivity index (χ3n) is 0.948. The molecule has 1 aliphatic rings. The molecule has 0 amide bonds. The van der Waals surface area contributed by atoms with Crippen molar-refractivity contribution < 1.29 is 8.42 Å². The van der Waals surface area contributed by atoms with Gasteiger partial charge in [0.25, 0.3) is 0 Å². The lowest BCUT2D eigenvalue weighted by molar-refractivity contribution is 0.615. The molecule has 0 N–H and O–H groups in total. The number of sulfone groups is 1. The van der Waals surface area contributed by atoms with Gasteiger partial charge in [-0.3, -0.25) is 0 Å². The van der Waals surface area contributed by atoms with E-state index in [0.29, 0.717) is 4.61 Å². The number of aliphatic imine (C=N–C) groups is 1. The minimum absolute atomic E-state index is 0.0997. The van der Waals surface area contributed by atoms with E-state index in [4.69, 9.17) is 0 Å². The third-order valence-corrected chi connectivity index (χ3v) is 3.60. The molecule has 3 nitrogen and oxygen atoms in total. The third kappa shape index (κ3) is 1.43. The molecular formula is C4H4BrNO2S2. The van der Waals surface area contributed by atoms with Crippen molar-refractivity contribution in [1.82, 2.24) is 0 Å². The summed E-state index contributed by atoms with van der Waals surface area (Å²) < 4.78 is 22.2. The van der Waals surface area contributed by atoms with Crippen LogP contribution in [0.3, 0.4) is 0 Å². The number of hydrogen-bond donors (Lipinski definition) is 1. The Labute approximate surface area is 72.7 Å². The molecule has 56 valence electrons. The Morgan fingerprint density at radius 2 is 2.30 bits per heavy atom. The topological polar surface area (TPSA) is 46.5 Å². The zero-order chi connectivity index (χ0) is 7.78. The first kappa shape index (κ1) is 8.29. The van der Waals surface area contributed by atoms with Crippen LogP contribution in [0.5, 0.6) is 0 Å². The molecule has 0 aliphatic carbocycles. The smallest absolute Gasteiger partial charge is 0.216 e. The summed E-state index contributed by atoms with van der Waals surface area (Å²) in [6.07, 6.45) is 0. The molecule has 0 radical (unpaired) electrons. The molecule has 0 fully saturated rings.